The minimum atomic E-state index is -0.410. The smallest absolute Gasteiger partial charge is 0.295 e. The number of carbonyl (C=O) groups is 1. The van der Waals surface area contributed by atoms with Gasteiger partial charge in [-0.3, -0.25) is 14.3 Å². The molecule has 0 saturated heterocycles. The number of rotatable bonds is 5. The van der Waals surface area contributed by atoms with Gasteiger partial charge in [0.1, 0.15) is 11.5 Å². The van der Waals surface area contributed by atoms with Crippen LogP contribution < -0.4 is 10.9 Å². The molecule has 1 amide bonds. The van der Waals surface area contributed by atoms with Crippen LogP contribution in [-0.2, 0) is 11.8 Å². The van der Waals surface area contributed by atoms with E-state index in [0.717, 1.165) is 9.75 Å². The summed E-state index contributed by atoms with van der Waals surface area (Å²) in [6, 6.07) is 19.4. The lowest BCUT2D eigenvalue weighted by molar-refractivity contribution is -0.111. The highest BCUT2D eigenvalue weighted by Crippen LogP contribution is 2.30. The van der Waals surface area contributed by atoms with Crippen molar-refractivity contribution in [2.75, 3.05) is 5.32 Å². The van der Waals surface area contributed by atoms with Gasteiger partial charge in [-0.25, -0.2) is 9.07 Å². The van der Waals surface area contributed by atoms with Crippen LogP contribution >= 0.6 is 11.3 Å². The van der Waals surface area contributed by atoms with E-state index in [2.05, 4.69) is 5.32 Å². The first kappa shape index (κ1) is 20.6. The van der Waals surface area contributed by atoms with Gasteiger partial charge in [0, 0.05) is 28.4 Å². The zero-order valence-corrected chi connectivity index (χ0v) is 17.8. The van der Waals surface area contributed by atoms with E-state index in [4.69, 9.17) is 0 Å². The fourth-order valence-corrected chi connectivity index (χ4v) is 4.22. The molecule has 0 aliphatic carbocycles. The number of hydrogen-bond acceptors (Lipinski definition) is 3. The highest BCUT2D eigenvalue weighted by molar-refractivity contribution is 7.16. The minimum Gasteiger partial charge on any atom is -0.316 e. The number of halogens is 1. The van der Waals surface area contributed by atoms with E-state index in [-0.39, 0.29) is 17.1 Å². The molecule has 0 aliphatic heterocycles. The Labute approximate surface area is 182 Å². The van der Waals surface area contributed by atoms with E-state index in [9.17, 15) is 14.0 Å². The largest absolute Gasteiger partial charge is 0.316 e. The minimum absolute atomic E-state index is 0.235. The molecule has 5 nitrogen and oxygen atoms in total. The molecule has 1 N–H and O–H groups in total. The Morgan fingerprint density at radius 1 is 1.03 bits per heavy atom. The fourth-order valence-electron chi connectivity index (χ4n) is 3.28. The lowest BCUT2D eigenvalue weighted by atomic mass is 10.2. The summed E-state index contributed by atoms with van der Waals surface area (Å²) in [6.07, 6.45) is 3.02. The van der Waals surface area contributed by atoms with Crippen molar-refractivity contribution in [1.82, 2.24) is 9.36 Å². The van der Waals surface area contributed by atoms with Gasteiger partial charge in [0.25, 0.3) is 5.56 Å². The molecular formula is C24H20FN3O2S. The Balaban J connectivity index is 1.53. The van der Waals surface area contributed by atoms with Gasteiger partial charge in [0.2, 0.25) is 5.91 Å². The van der Waals surface area contributed by atoms with Crippen LogP contribution in [0.25, 0.3) is 22.2 Å². The van der Waals surface area contributed by atoms with Crippen molar-refractivity contribution in [2.45, 2.75) is 6.92 Å². The Morgan fingerprint density at radius 2 is 1.74 bits per heavy atom. The van der Waals surface area contributed by atoms with Crippen molar-refractivity contribution >= 4 is 29.0 Å². The molecule has 4 rings (SSSR count). The zero-order valence-electron chi connectivity index (χ0n) is 17.0. The molecule has 0 bridgehead atoms. The number of anilines is 1. The Morgan fingerprint density at radius 3 is 2.48 bits per heavy atom. The van der Waals surface area contributed by atoms with Crippen molar-refractivity contribution in [3.05, 3.63) is 99.5 Å². The highest BCUT2D eigenvalue weighted by Gasteiger charge is 2.17. The monoisotopic (exact) mass is 433 g/mol. The molecule has 0 aliphatic rings. The molecule has 2 heterocycles. The molecule has 0 atom stereocenters. The topological polar surface area (TPSA) is 56.0 Å². The summed E-state index contributed by atoms with van der Waals surface area (Å²) >= 11 is 1.38. The number of para-hydroxylation sites is 1. The fraction of sp³-hybridized carbons (Fsp3) is 0.0833. The predicted molar refractivity (Wildman–Crippen MR) is 123 cm³/mol. The third kappa shape index (κ3) is 4.13. The molecule has 4 aromatic rings. The first-order chi connectivity index (χ1) is 15.0. The Bertz CT molecular complexity index is 1330. The number of aromatic nitrogens is 2. The molecule has 31 heavy (non-hydrogen) atoms. The number of thiophene rings is 1. The van der Waals surface area contributed by atoms with Crippen LogP contribution in [-0.4, -0.2) is 15.3 Å². The van der Waals surface area contributed by atoms with E-state index in [1.807, 2.05) is 42.5 Å². The van der Waals surface area contributed by atoms with Crippen molar-refractivity contribution in [3.8, 4) is 16.1 Å². The SMILES string of the molecule is Cc1c(NC(=O)/C=C/c2ccc(-c3ccccc3F)s2)c(=O)n(-c2ccccc2)n1C. The van der Waals surface area contributed by atoms with Crippen LogP contribution in [0.15, 0.2) is 77.6 Å². The summed E-state index contributed by atoms with van der Waals surface area (Å²) in [5.41, 5.74) is 1.82. The van der Waals surface area contributed by atoms with E-state index >= 15 is 0 Å². The average Bonchev–Trinajstić information content (AvgIpc) is 3.32. The molecule has 0 unspecified atom stereocenters. The van der Waals surface area contributed by atoms with Gasteiger partial charge < -0.3 is 5.32 Å². The van der Waals surface area contributed by atoms with Gasteiger partial charge in [-0.15, -0.1) is 11.3 Å². The van der Waals surface area contributed by atoms with E-state index in [1.54, 1.807) is 42.9 Å². The van der Waals surface area contributed by atoms with Gasteiger partial charge in [0.15, 0.2) is 0 Å². The first-order valence-electron chi connectivity index (χ1n) is 9.63. The summed E-state index contributed by atoms with van der Waals surface area (Å²) in [5, 5.41) is 2.69. The summed E-state index contributed by atoms with van der Waals surface area (Å²) in [7, 11) is 1.77. The molecule has 0 spiro atoms. The quantitative estimate of drug-likeness (QED) is 0.450. The van der Waals surface area contributed by atoms with Crippen LogP contribution in [0, 0.1) is 12.7 Å². The number of nitrogens with zero attached hydrogens (tertiary/aromatic N) is 2. The van der Waals surface area contributed by atoms with Crippen LogP contribution in [0.2, 0.25) is 0 Å². The van der Waals surface area contributed by atoms with E-state index in [1.165, 1.54) is 28.2 Å². The normalized spacial score (nSPS) is 11.2. The lowest BCUT2D eigenvalue weighted by Crippen LogP contribution is -2.22. The third-order valence-corrected chi connectivity index (χ3v) is 6.05. The molecular weight excluding hydrogens is 413 g/mol. The van der Waals surface area contributed by atoms with Crippen molar-refractivity contribution in [3.63, 3.8) is 0 Å². The van der Waals surface area contributed by atoms with Crippen molar-refractivity contribution in [2.24, 2.45) is 7.05 Å². The number of nitrogens with one attached hydrogen (secondary N) is 1. The molecule has 0 radical (unpaired) electrons. The van der Waals surface area contributed by atoms with Crippen molar-refractivity contribution in [1.29, 1.82) is 0 Å². The second kappa shape index (κ2) is 8.57. The number of carbonyl (C=O) groups excluding carboxylic acids is 1. The molecule has 156 valence electrons. The molecule has 7 heteroatoms. The van der Waals surface area contributed by atoms with Gasteiger partial charge in [-0.1, -0.05) is 36.4 Å². The highest BCUT2D eigenvalue weighted by atomic mass is 32.1. The summed E-state index contributed by atoms with van der Waals surface area (Å²) in [4.78, 5) is 26.9. The summed E-state index contributed by atoms with van der Waals surface area (Å²) in [5.74, 6) is -0.696. The Kier molecular flexibility index (Phi) is 5.68. The van der Waals surface area contributed by atoms with Gasteiger partial charge in [0.05, 0.1) is 11.4 Å². The number of hydrogen-bond donors (Lipinski definition) is 1. The standard InChI is InChI=1S/C24H20FN3O2S/c1-16-23(24(30)28(27(16)2)17-8-4-3-5-9-17)26-22(29)15-13-18-12-14-21(31-18)19-10-6-7-11-20(19)25/h3-15H,1-2H3,(H,26,29)/b15-13+. The molecule has 2 aromatic heterocycles. The van der Waals surface area contributed by atoms with Crippen LogP contribution in [0.1, 0.15) is 10.6 Å². The lowest BCUT2D eigenvalue weighted by Gasteiger charge is -2.07. The summed E-state index contributed by atoms with van der Waals surface area (Å²) in [6.45, 7) is 1.78. The van der Waals surface area contributed by atoms with Crippen LogP contribution in [0.3, 0.4) is 0 Å². The van der Waals surface area contributed by atoms with Gasteiger partial charge >= 0.3 is 0 Å². The molecule has 0 fully saturated rings. The second-order valence-corrected chi connectivity index (χ2v) is 8.06. The molecule has 0 saturated carbocycles. The van der Waals surface area contributed by atoms with E-state index < -0.39 is 5.91 Å². The first-order valence-corrected chi connectivity index (χ1v) is 10.4. The second-order valence-electron chi connectivity index (χ2n) is 6.94. The van der Waals surface area contributed by atoms with Gasteiger partial charge in [-0.05, 0) is 43.3 Å². The number of amides is 1. The van der Waals surface area contributed by atoms with Crippen molar-refractivity contribution < 1.29 is 9.18 Å². The van der Waals surface area contributed by atoms with Crippen LogP contribution in [0.5, 0.6) is 0 Å². The third-order valence-electron chi connectivity index (χ3n) is 4.97. The maximum Gasteiger partial charge on any atom is 0.295 e. The Hall–Kier alpha value is -3.71. The van der Waals surface area contributed by atoms with Crippen LogP contribution in [0.4, 0.5) is 10.1 Å². The van der Waals surface area contributed by atoms with Gasteiger partial charge in [-0.2, -0.15) is 0 Å². The van der Waals surface area contributed by atoms with E-state index in [0.29, 0.717) is 16.9 Å². The zero-order chi connectivity index (χ0) is 22.0. The maximum absolute atomic E-state index is 14.0. The molecule has 2 aromatic carbocycles. The maximum atomic E-state index is 14.0. The number of benzene rings is 2. The summed E-state index contributed by atoms with van der Waals surface area (Å²) < 4.78 is 17.2. The predicted octanol–water partition coefficient (Wildman–Crippen LogP) is 5.00. The average molecular weight is 434 g/mol.